The zero-order chi connectivity index (χ0) is 30.8. The lowest BCUT2D eigenvalue weighted by Gasteiger charge is -2.34. The molecule has 0 aromatic heterocycles. The molecule has 0 fully saturated rings. The van der Waals surface area contributed by atoms with Crippen LogP contribution in [0.5, 0.6) is 0 Å². The fourth-order valence-electron chi connectivity index (χ4n) is 4.62. The van der Waals surface area contributed by atoms with E-state index >= 15 is 0 Å². The van der Waals surface area contributed by atoms with Crippen molar-refractivity contribution in [1.29, 1.82) is 0 Å². The minimum atomic E-state index is -4.25. The number of hydrogen-bond acceptors (Lipinski definition) is 4. The average molecular weight is 639 g/mol. The van der Waals surface area contributed by atoms with Crippen LogP contribution in [-0.2, 0) is 32.6 Å². The third kappa shape index (κ3) is 8.38. The summed E-state index contributed by atoms with van der Waals surface area (Å²) < 4.78 is 29.0. The van der Waals surface area contributed by atoms with E-state index in [0.717, 1.165) is 15.4 Å². The SMILES string of the molecule is CCCNC(=O)C(Cc1ccccc1)N(Cc1ccccc1)C(=O)CN(c1ccc(Cl)cc1Cl)S(=O)(=O)c1ccccc1. The Hall–Kier alpha value is -3.85. The summed E-state index contributed by atoms with van der Waals surface area (Å²) in [5.41, 5.74) is 1.75. The van der Waals surface area contributed by atoms with Crippen molar-refractivity contribution >= 4 is 50.7 Å². The van der Waals surface area contributed by atoms with Crippen LogP contribution < -0.4 is 9.62 Å². The molecular formula is C33H33Cl2N3O4S. The van der Waals surface area contributed by atoms with Gasteiger partial charge in [-0.05, 0) is 47.9 Å². The highest BCUT2D eigenvalue weighted by molar-refractivity contribution is 7.92. The number of carbonyl (C=O) groups is 2. The maximum absolute atomic E-state index is 14.4. The van der Waals surface area contributed by atoms with Gasteiger partial charge in [0.05, 0.1) is 15.6 Å². The van der Waals surface area contributed by atoms with E-state index in [1.165, 1.54) is 35.2 Å². The fraction of sp³-hybridized carbons (Fsp3) is 0.212. The van der Waals surface area contributed by atoms with Crippen molar-refractivity contribution in [3.63, 3.8) is 0 Å². The van der Waals surface area contributed by atoms with Crippen molar-refractivity contribution < 1.29 is 18.0 Å². The third-order valence-corrected chi connectivity index (χ3v) is 9.12. The van der Waals surface area contributed by atoms with Crippen molar-refractivity contribution in [2.45, 2.75) is 37.2 Å². The molecule has 0 radical (unpaired) electrons. The predicted molar refractivity (Wildman–Crippen MR) is 172 cm³/mol. The summed E-state index contributed by atoms with van der Waals surface area (Å²) in [6, 6.07) is 30.0. The highest BCUT2D eigenvalue weighted by Crippen LogP contribution is 2.33. The first-order valence-corrected chi connectivity index (χ1v) is 16.1. The normalized spacial score (nSPS) is 11.9. The lowest BCUT2D eigenvalue weighted by molar-refractivity contribution is -0.140. The number of amides is 2. The highest BCUT2D eigenvalue weighted by Gasteiger charge is 2.35. The van der Waals surface area contributed by atoms with E-state index in [0.29, 0.717) is 18.0 Å². The number of hydrogen-bond donors (Lipinski definition) is 1. The molecule has 0 spiro atoms. The van der Waals surface area contributed by atoms with Crippen molar-refractivity contribution in [3.8, 4) is 0 Å². The standard InChI is InChI=1S/C33H33Cl2N3O4S/c1-2-20-36-33(40)31(21-25-12-6-3-7-13-25)37(23-26-14-8-4-9-15-26)32(39)24-38(30-19-18-27(34)22-29(30)35)43(41,42)28-16-10-5-11-17-28/h3-19,22,31H,2,20-21,23-24H2,1H3,(H,36,40). The highest BCUT2D eigenvalue weighted by atomic mass is 35.5. The fourth-order valence-corrected chi connectivity index (χ4v) is 6.63. The Morgan fingerprint density at radius 2 is 1.40 bits per heavy atom. The summed E-state index contributed by atoms with van der Waals surface area (Å²) >= 11 is 12.6. The maximum Gasteiger partial charge on any atom is 0.264 e. The molecule has 0 heterocycles. The number of nitrogens with zero attached hydrogens (tertiary/aromatic N) is 2. The number of rotatable bonds is 13. The number of sulfonamides is 1. The molecule has 4 aromatic rings. The molecule has 43 heavy (non-hydrogen) atoms. The molecule has 0 saturated carbocycles. The van der Waals surface area contributed by atoms with E-state index in [-0.39, 0.29) is 34.5 Å². The van der Waals surface area contributed by atoms with E-state index in [1.807, 2.05) is 67.6 Å². The van der Waals surface area contributed by atoms with E-state index in [1.54, 1.807) is 18.2 Å². The maximum atomic E-state index is 14.4. The van der Waals surface area contributed by atoms with Gasteiger partial charge in [-0.25, -0.2) is 8.42 Å². The summed E-state index contributed by atoms with van der Waals surface area (Å²) in [5.74, 6) is -0.890. The van der Waals surface area contributed by atoms with Crippen LogP contribution >= 0.6 is 23.2 Å². The zero-order valence-corrected chi connectivity index (χ0v) is 26.0. The zero-order valence-electron chi connectivity index (χ0n) is 23.7. The molecule has 0 bridgehead atoms. The van der Waals surface area contributed by atoms with Crippen LogP contribution in [-0.4, -0.2) is 44.3 Å². The molecule has 4 aromatic carbocycles. The lowest BCUT2D eigenvalue weighted by Crippen LogP contribution is -2.53. The lowest BCUT2D eigenvalue weighted by atomic mass is 10.0. The second-order valence-corrected chi connectivity index (χ2v) is 12.6. The summed E-state index contributed by atoms with van der Waals surface area (Å²) in [5, 5.41) is 3.31. The van der Waals surface area contributed by atoms with Gasteiger partial charge in [0, 0.05) is 24.5 Å². The molecule has 0 aliphatic heterocycles. The van der Waals surface area contributed by atoms with Crippen molar-refractivity contribution in [3.05, 3.63) is 130 Å². The molecule has 1 N–H and O–H groups in total. The topological polar surface area (TPSA) is 86.8 Å². The molecule has 2 amide bonds. The Bertz CT molecular complexity index is 1620. The number of benzene rings is 4. The Balaban J connectivity index is 1.80. The first kappa shape index (κ1) is 32.1. The summed E-state index contributed by atoms with van der Waals surface area (Å²) in [4.78, 5) is 29.4. The number of nitrogens with one attached hydrogen (secondary N) is 1. The smallest absolute Gasteiger partial charge is 0.264 e. The quantitative estimate of drug-likeness (QED) is 0.185. The average Bonchev–Trinajstić information content (AvgIpc) is 3.02. The Morgan fingerprint density at radius 3 is 1.98 bits per heavy atom. The molecule has 0 aliphatic rings. The van der Waals surface area contributed by atoms with Gasteiger partial charge in [-0.3, -0.25) is 13.9 Å². The minimum Gasteiger partial charge on any atom is -0.354 e. The van der Waals surface area contributed by atoms with Crippen LogP contribution in [0.2, 0.25) is 10.0 Å². The van der Waals surface area contributed by atoms with Crippen LogP contribution in [0.25, 0.3) is 0 Å². The predicted octanol–water partition coefficient (Wildman–Crippen LogP) is 6.36. The van der Waals surface area contributed by atoms with E-state index < -0.39 is 28.5 Å². The van der Waals surface area contributed by atoms with E-state index in [2.05, 4.69) is 5.32 Å². The minimum absolute atomic E-state index is 0.00931. The molecule has 0 aliphatic carbocycles. The molecule has 1 unspecified atom stereocenters. The van der Waals surface area contributed by atoms with Crippen molar-refractivity contribution in [1.82, 2.24) is 10.2 Å². The Morgan fingerprint density at radius 1 is 0.814 bits per heavy atom. The van der Waals surface area contributed by atoms with Crippen molar-refractivity contribution in [2.24, 2.45) is 0 Å². The third-order valence-electron chi connectivity index (χ3n) is 6.80. The number of halogens is 2. The Labute approximate surface area is 263 Å². The van der Waals surface area contributed by atoms with Gasteiger partial charge in [-0.1, -0.05) is 109 Å². The summed E-state index contributed by atoms with van der Waals surface area (Å²) in [7, 11) is -4.25. The molecular weight excluding hydrogens is 605 g/mol. The van der Waals surface area contributed by atoms with Crippen LogP contribution in [0.4, 0.5) is 5.69 Å². The Kier molecular flexibility index (Phi) is 11.2. The van der Waals surface area contributed by atoms with Gasteiger partial charge < -0.3 is 10.2 Å². The molecule has 1 atom stereocenters. The first-order chi connectivity index (χ1) is 20.7. The molecule has 7 nitrogen and oxygen atoms in total. The largest absolute Gasteiger partial charge is 0.354 e. The van der Waals surface area contributed by atoms with E-state index in [9.17, 15) is 18.0 Å². The van der Waals surface area contributed by atoms with Gasteiger partial charge in [0.1, 0.15) is 12.6 Å². The van der Waals surface area contributed by atoms with Crippen LogP contribution in [0, 0.1) is 0 Å². The van der Waals surface area contributed by atoms with Gasteiger partial charge in [-0.2, -0.15) is 0 Å². The van der Waals surface area contributed by atoms with Crippen LogP contribution in [0.1, 0.15) is 24.5 Å². The van der Waals surface area contributed by atoms with Crippen LogP contribution in [0.3, 0.4) is 0 Å². The first-order valence-electron chi connectivity index (χ1n) is 13.9. The van der Waals surface area contributed by atoms with Crippen molar-refractivity contribution in [2.75, 3.05) is 17.4 Å². The van der Waals surface area contributed by atoms with Gasteiger partial charge in [0.25, 0.3) is 10.0 Å². The molecule has 10 heteroatoms. The summed E-state index contributed by atoms with van der Waals surface area (Å²) in [6.07, 6.45) is 0.955. The van der Waals surface area contributed by atoms with Gasteiger partial charge in [0.15, 0.2) is 0 Å². The van der Waals surface area contributed by atoms with Gasteiger partial charge in [-0.15, -0.1) is 0 Å². The number of carbonyl (C=O) groups excluding carboxylic acids is 2. The molecule has 0 saturated heterocycles. The second-order valence-electron chi connectivity index (χ2n) is 9.92. The van der Waals surface area contributed by atoms with E-state index in [4.69, 9.17) is 23.2 Å². The molecule has 4 rings (SSSR count). The monoisotopic (exact) mass is 637 g/mol. The van der Waals surface area contributed by atoms with Gasteiger partial charge >= 0.3 is 0 Å². The second kappa shape index (κ2) is 15.0. The summed E-state index contributed by atoms with van der Waals surface area (Å²) in [6.45, 7) is 1.87. The van der Waals surface area contributed by atoms with Gasteiger partial charge in [0.2, 0.25) is 11.8 Å². The van der Waals surface area contributed by atoms with Crippen LogP contribution in [0.15, 0.2) is 114 Å². The molecule has 224 valence electrons. The number of anilines is 1.